The van der Waals surface area contributed by atoms with Crippen LogP contribution in [0.1, 0.15) is 50.0 Å². The van der Waals surface area contributed by atoms with Crippen molar-refractivity contribution in [3.8, 4) is 0 Å². The molecule has 2 saturated heterocycles. The predicted molar refractivity (Wildman–Crippen MR) is 158 cm³/mol. The monoisotopic (exact) mass is 518 g/mol. The molecule has 7 nitrogen and oxygen atoms in total. The second-order valence-electron chi connectivity index (χ2n) is 10.6. The van der Waals surface area contributed by atoms with Crippen LogP contribution in [0.4, 0.5) is 11.4 Å². The number of hydrogen-bond acceptors (Lipinski definition) is 5. The summed E-state index contributed by atoms with van der Waals surface area (Å²) in [6.45, 7) is 20.6. The Balaban J connectivity index is 1.23. The minimum absolute atomic E-state index is 0.0962. The van der Waals surface area contributed by atoms with Crippen molar-refractivity contribution in [3.63, 3.8) is 0 Å². The van der Waals surface area contributed by atoms with Gasteiger partial charge in [0.05, 0.1) is 5.82 Å². The van der Waals surface area contributed by atoms with E-state index < -0.39 is 0 Å². The SMILES string of the molecule is C=C(Nc1ccc(N2CCC(C(=C)N(CCC)CCC)CC2)cc1)N1CCN(C(=O)c2cccn2C)CC1. The van der Waals surface area contributed by atoms with Gasteiger partial charge >= 0.3 is 0 Å². The lowest BCUT2D eigenvalue weighted by atomic mass is 9.92. The van der Waals surface area contributed by atoms with E-state index in [1.165, 1.54) is 24.2 Å². The number of carbonyl (C=O) groups excluding carboxylic acids is 1. The molecule has 7 heteroatoms. The molecular formula is C31H46N6O. The van der Waals surface area contributed by atoms with Crippen molar-refractivity contribution < 1.29 is 4.79 Å². The molecule has 1 aromatic heterocycles. The maximum atomic E-state index is 12.8. The summed E-state index contributed by atoms with van der Waals surface area (Å²) >= 11 is 0. The van der Waals surface area contributed by atoms with Gasteiger partial charge in [-0.25, -0.2) is 0 Å². The molecule has 0 saturated carbocycles. The number of anilines is 2. The normalized spacial score (nSPS) is 16.4. The van der Waals surface area contributed by atoms with Gasteiger partial charge < -0.3 is 29.5 Å². The summed E-state index contributed by atoms with van der Waals surface area (Å²) in [6, 6.07) is 12.5. The Labute approximate surface area is 229 Å². The lowest BCUT2D eigenvalue weighted by Gasteiger charge is -2.38. The highest BCUT2D eigenvalue weighted by Gasteiger charge is 2.25. The highest BCUT2D eigenvalue weighted by Crippen LogP contribution is 2.30. The number of amides is 1. The lowest BCUT2D eigenvalue weighted by molar-refractivity contribution is 0.0661. The predicted octanol–water partition coefficient (Wildman–Crippen LogP) is 5.22. The van der Waals surface area contributed by atoms with Gasteiger partial charge in [-0.05, 0) is 62.1 Å². The molecule has 0 bridgehead atoms. The largest absolute Gasteiger partial charge is 0.375 e. The number of nitrogens with one attached hydrogen (secondary N) is 1. The maximum absolute atomic E-state index is 12.8. The first kappa shape index (κ1) is 27.7. The van der Waals surface area contributed by atoms with Gasteiger partial charge in [0.25, 0.3) is 5.91 Å². The van der Waals surface area contributed by atoms with Crippen molar-refractivity contribution >= 4 is 17.3 Å². The number of aryl methyl sites for hydroxylation is 1. The Morgan fingerprint density at radius 1 is 0.921 bits per heavy atom. The Bertz CT molecular complexity index is 1070. The third-order valence-corrected chi connectivity index (χ3v) is 7.99. The third kappa shape index (κ3) is 6.55. The van der Waals surface area contributed by atoms with Gasteiger partial charge in [0.2, 0.25) is 0 Å². The lowest BCUT2D eigenvalue weighted by Crippen LogP contribution is -2.49. The Morgan fingerprint density at radius 2 is 1.53 bits per heavy atom. The molecule has 0 unspecified atom stereocenters. The van der Waals surface area contributed by atoms with Crippen LogP contribution in [0.2, 0.25) is 0 Å². The first-order valence-corrected chi connectivity index (χ1v) is 14.3. The fourth-order valence-corrected chi connectivity index (χ4v) is 5.69. The standard InChI is InChI=1S/C31H46N6O/c1-6-16-34(17-7-2)25(3)27-14-19-36(20-15-27)29-12-10-28(11-13-29)32-26(4)35-21-23-37(24-22-35)31(38)30-9-8-18-33(30)5/h8-13,18,27,32H,3-4,6-7,14-17,19-24H2,1-2,5H3. The van der Waals surface area contributed by atoms with E-state index in [0.717, 1.165) is 69.3 Å². The maximum Gasteiger partial charge on any atom is 0.270 e. The quantitative estimate of drug-likeness (QED) is 0.442. The molecule has 1 N–H and O–H groups in total. The van der Waals surface area contributed by atoms with E-state index in [4.69, 9.17) is 0 Å². The highest BCUT2D eigenvalue weighted by atomic mass is 16.2. The summed E-state index contributed by atoms with van der Waals surface area (Å²) < 4.78 is 1.88. The Kier molecular flexibility index (Phi) is 9.43. The second-order valence-corrected chi connectivity index (χ2v) is 10.6. The zero-order valence-corrected chi connectivity index (χ0v) is 23.7. The van der Waals surface area contributed by atoms with Crippen molar-refractivity contribution in [1.29, 1.82) is 0 Å². The van der Waals surface area contributed by atoms with E-state index in [0.29, 0.717) is 19.0 Å². The molecule has 0 aliphatic carbocycles. The van der Waals surface area contributed by atoms with Gasteiger partial charge in [-0.2, -0.15) is 0 Å². The topological polar surface area (TPSA) is 47.0 Å². The molecule has 2 aromatic rings. The number of benzene rings is 1. The van der Waals surface area contributed by atoms with Crippen molar-refractivity contribution in [2.75, 3.05) is 62.6 Å². The minimum atomic E-state index is 0.0962. The van der Waals surface area contributed by atoms with Gasteiger partial charge in [-0.1, -0.05) is 27.0 Å². The first-order chi connectivity index (χ1) is 18.4. The van der Waals surface area contributed by atoms with Crippen molar-refractivity contribution in [3.05, 3.63) is 73.0 Å². The van der Waals surface area contributed by atoms with Gasteiger partial charge in [-0.15, -0.1) is 0 Å². The number of aromatic nitrogens is 1. The van der Waals surface area contributed by atoms with Crippen LogP contribution in [0.3, 0.4) is 0 Å². The number of piperazine rings is 1. The zero-order valence-electron chi connectivity index (χ0n) is 23.7. The van der Waals surface area contributed by atoms with Crippen molar-refractivity contribution in [2.24, 2.45) is 13.0 Å². The molecule has 1 amide bonds. The van der Waals surface area contributed by atoms with E-state index in [9.17, 15) is 4.79 Å². The molecule has 206 valence electrons. The molecule has 2 fully saturated rings. The average molecular weight is 519 g/mol. The summed E-state index contributed by atoms with van der Waals surface area (Å²) in [4.78, 5) is 21.9. The van der Waals surface area contributed by atoms with Crippen LogP contribution in [-0.2, 0) is 7.05 Å². The van der Waals surface area contributed by atoms with Crippen LogP contribution in [0.25, 0.3) is 0 Å². The van der Waals surface area contributed by atoms with Crippen LogP contribution < -0.4 is 10.2 Å². The average Bonchev–Trinajstić information content (AvgIpc) is 3.38. The van der Waals surface area contributed by atoms with Crippen LogP contribution in [0.15, 0.2) is 67.3 Å². The summed E-state index contributed by atoms with van der Waals surface area (Å²) in [7, 11) is 1.91. The smallest absolute Gasteiger partial charge is 0.270 e. The summed E-state index contributed by atoms with van der Waals surface area (Å²) in [6.07, 6.45) is 6.59. The number of piperidine rings is 1. The zero-order chi connectivity index (χ0) is 27.1. The molecule has 3 heterocycles. The van der Waals surface area contributed by atoms with Crippen LogP contribution >= 0.6 is 0 Å². The molecule has 0 atom stereocenters. The summed E-state index contributed by atoms with van der Waals surface area (Å²) in [5.74, 6) is 1.57. The molecule has 38 heavy (non-hydrogen) atoms. The third-order valence-electron chi connectivity index (χ3n) is 7.99. The Morgan fingerprint density at radius 3 is 2.08 bits per heavy atom. The van der Waals surface area contributed by atoms with Crippen LogP contribution in [0, 0.1) is 5.92 Å². The molecule has 0 radical (unpaired) electrons. The van der Waals surface area contributed by atoms with E-state index in [-0.39, 0.29) is 5.91 Å². The number of rotatable bonds is 11. The first-order valence-electron chi connectivity index (χ1n) is 14.3. The molecule has 2 aliphatic heterocycles. The highest BCUT2D eigenvalue weighted by molar-refractivity contribution is 5.92. The number of carbonyl (C=O) groups is 1. The molecule has 0 spiro atoms. The van der Waals surface area contributed by atoms with Gasteiger partial charge in [-0.3, -0.25) is 4.79 Å². The van der Waals surface area contributed by atoms with E-state index in [1.807, 2.05) is 34.8 Å². The number of allylic oxidation sites excluding steroid dienone is 1. The molecule has 1 aromatic carbocycles. The summed E-state index contributed by atoms with van der Waals surface area (Å²) in [5.41, 5.74) is 4.40. The van der Waals surface area contributed by atoms with E-state index >= 15 is 0 Å². The van der Waals surface area contributed by atoms with Gasteiger partial charge in [0.15, 0.2) is 0 Å². The summed E-state index contributed by atoms with van der Waals surface area (Å²) in [5, 5.41) is 3.47. The van der Waals surface area contributed by atoms with E-state index in [1.54, 1.807) is 0 Å². The van der Waals surface area contributed by atoms with Crippen LogP contribution in [0.5, 0.6) is 0 Å². The fraction of sp³-hybridized carbons (Fsp3) is 0.516. The fourth-order valence-electron chi connectivity index (χ4n) is 5.69. The minimum Gasteiger partial charge on any atom is -0.375 e. The molecule has 2 aliphatic rings. The van der Waals surface area contributed by atoms with Crippen molar-refractivity contribution in [2.45, 2.75) is 39.5 Å². The molecular weight excluding hydrogens is 472 g/mol. The van der Waals surface area contributed by atoms with Gasteiger partial charge in [0, 0.05) is 88.6 Å². The van der Waals surface area contributed by atoms with E-state index in [2.05, 4.69) is 71.3 Å². The van der Waals surface area contributed by atoms with Crippen LogP contribution in [-0.4, -0.2) is 77.5 Å². The molecule has 4 rings (SSSR count). The van der Waals surface area contributed by atoms with Crippen molar-refractivity contribution in [1.82, 2.24) is 19.3 Å². The van der Waals surface area contributed by atoms with Gasteiger partial charge in [0.1, 0.15) is 5.69 Å². The second kappa shape index (κ2) is 12.9. The number of nitrogens with zero attached hydrogens (tertiary/aromatic N) is 5. The Hall–Kier alpha value is -3.35. The number of hydrogen-bond donors (Lipinski definition) is 1.